The smallest absolute Gasteiger partial charge is 0.251 e. The van der Waals surface area contributed by atoms with Crippen LogP contribution in [0.15, 0.2) is 28.7 Å². The molecule has 0 radical (unpaired) electrons. The van der Waals surface area contributed by atoms with E-state index >= 15 is 0 Å². The average molecular weight is 339 g/mol. The molecule has 1 unspecified atom stereocenters. The molecule has 0 aromatic heterocycles. The van der Waals surface area contributed by atoms with Crippen LogP contribution in [-0.2, 0) is 4.79 Å². The molecule has 0 saturated heterocycles. The number of amides is 2. The van der Waals surface area contributed by atoms with Crippen molar-refractivity contribution in [3.05, 3.63) is 34.3 Å². The predicted molar refractivity (Wildman–Crippen MR) is 81.4 cm³/mol. The van der Waals surface area contributed by atoms with Crippen LogP contribution in [0.1, 0.15) is 36.5 Å². The first-order valence-corrected chi connectivity index (χ1v) is 7.68. The maximum atomic E-state index is 11.8. The minimum Gasteiger partial charge on any atom is -0.352 e. The van der Waals surface area contributed by atoms with Crippen LogP contribution in [0.4, 0.5) is 0 Å². The molecule has 1 atom stereocenters. The number of hydrogen-bond donors (Lipinski definition) is 2. The normalized spacial score (nSPS) is 16.1. The van der Waals surface area contributed by atoms with Gasteiger partial charge in [0.05, 0.1) is 6.54 Å². The van der Waals surface area contributed by atoms with Crippen LogP contribution in [0.25, 0.3) is 0 Å². The Labute approximate surface area is 127 Å². The topological polar surface area (TPSA) is 58.2 Å². The monoisotopic (exact) mass is 338 g/mol. The van der Waals surface area contributed by atoms with E-state index in [0.717, 1.165) is 4.47 Å². The molecule has 0 spiro atoms. The molecule has 0 heterocycles. The molecule has 1 fully saturated rings. The van der Waals surface area contributed by atoms with Crippen molar-refractivity contribution in [2.75, 3.05) is 6.54 Å². The Morgan fingerprint density at radius 2 is 1.95 bits per heavy atom. The number of rotatable bonds is 5. The number of halogens is 1. The second-order valence-electron chi connectivity index (χ2n) is 5.24. The molecule has 1 saturated carbocycles. The molecule has 1 aromatic rings. The highest BCUT2D eigenvalue weighted by Gasteiger charge is 2.24. The number of nitrogens with one attached hydrogen (secondary N) is 2. The van der Waals surface area contributed by atoms with Crippen LogP contribution in [0.5, 0.6) is 0 Å². The van der Waals surface area contributed by atoms with Crippen molar-refractivity contribution in [2.45, 2.75) is 32.2 Å². The van der Waals surface area contributed by atoms with E-state index in [2.05, 4.69) is 26.6 Å². The molecule has 0 aliphatic heterocycles. The van der Waals surface area contributed by atoms with Crippen molar-refractivity contribution >= 4 is 27.7 Å². The van der Waals surface area contributed by atoms with Crippen LogP contribution >= 0.6 is 15.9 Å². The van der Waals surface area contributed by atoms with Crippen molar-refractivity contribution in [3.8, 4) is 0 Å². The lowest BCUT2D eigenvalue weighted by Crippen LogP contribution is -2.45. The third-order valence-corrected chi connectivity index (χ3v) is 4.29. The quantitative estimate of drug-likeness (QED) is 0.866. The van der Waals surface area contributed by atoms with E-state index in [4.69, 9.17) is 0 Å². The summed E-state index contributed by atoms with van der Waals surface area (Å²) in [6, 6.07) is 7.23. The first-order valence-electron chi connectivity index (χ1n) is 6.89. The Hall–Kier alpha value is -1.36. The van der Waals surface area contributed by atoms with Crippen molar-refractivity contribution in [2.24, 2.45) is 5.92 Å². The first-order chi connectivity index (χ1) is 9.56. The summed E-state index contributed by atoms with van der Waals surface area (Å²) in [6.45, 7) is 2.05. The average Bonchev–Trinajstić information content (AvgIpc) is 2.34. The Balaban J connectivity index is 1.75. The highest BCUT2D eigenvalue weighted by molar-refractivity contribution is 9.10. The Morgan fingerprint density at radius 3 is 2.50 bits per heavy atom. The number of hydrogen-bond acceptors (Lipinski definition) is 2. The van der Waals surface area contributed by atoms with Crippen LogP contribution in [-0.4, -0.2) is 24.4 Å². The van der Waals surface area contributed by atoms with E-state index in [0.29, 0.717) is 11.5 Å². The summed E-state index contributed by atoms with van der Waals surface area (Å²) < 4.78 is 0.918. The van der Waals surface area contributed by atoms with Gasteiger partial charge in [-0.1, -0.05) is 22.4 Å². The third-order valence-electron chi connectivity index (χ3n) is 3.76. The molecule has 0 bridgehead atoms. The Kier molecular flexibility index (Phi) is 5.17. The van der Waals surface area contributed by atoms with Crippen LogP contribution in [0.3, 0.4) is 0 Å². The van der Waals surface area contributed by atoms with E-state index in [1.807, 2.05) is 6.92 Å². The van der Waals surface area contributed by atoms with Gasteiger partial charge in [-0.2, -0.15) is 0 Å². The van der Waals surface area contributed by atoms with Gasteiger partial charge in [-0.05, 0) is 49.9 Å². The van der Waals surface area contributed by atoms with Crippen LogP contribution in [0.2, 0.25) is 0 Å². The van der Waals surface area contributed by atoms with Gasteiger partial charge in [-0.3, -0.25) is 9.59 Å². The van der Waals surface area contributed by atoms with Crippen molar-refractivity contribution in [3.63, 3.8) is 0 Å². The fourth-order valence-electron chi connectivity index (χ4n) is 2.23. The summed E-state index contributed by atoms with van der Waals surface area (Å²) in [4.78, 5) is 23.6. The highest BCUT2D eigenvalue weighted by Crippen LogP contribution is 2.29. The van der Waals surface area contributed by atoms with E-state index < -0.39 is 0 Å². The SMILES string of the molecule is CC(NC(=O)CNC(=O)c1ccc(Br)cc1)C1CCC1. The molecule has 5 heteroatoms. The molecular weight excluding hydrogens is 320 g/mol. The van der Waals surface area contributed by atoms with Gasteiger partial charge in [0.15, 0.2) is 0 Å². The summed E-state index contributed by atoms with van der Waals surface area (Å²) in [7, 11) is 0. The molecule has 2 N–H and O–H groups in total. The molecule has 1 aliphatic carbocycles. The van der Waals surface area contributed by atoms with Gasteiger partial charge < -0.3 is 10.6 Å². The van der Waals surface area contributed by atoms with Crippen molar-refractivity contribution < 1.29 is 9.59 Å². The van der Waals surface area contributed by atoms with Gasteiger partial charge in [-0.25, -0.2) is 0 Å². The van der Waals surface area contributed by atoms with Gasteiger partial charge in [0.2, 0.25) is 5.91 Å². The molecule has 108 valence electrons. The first kappa shape index (κ1) is 15.0. The zero-order chi connectivity index (χ0) is 14.5. The lowest BCUT2D eigenvalue weighted by Gasteiger charge is -2.31. The molecule has 2 rings (SSSR count). The van der Waals surface area contributed by atoms with Crippen molar-refractivity contribution in [1.29, 1.82) is 0 Å². The summed E-state index contributed by atoms with van der Waals surface area (Å²) in [5, 5.41) is 5.57. The minimum absolute atomic E-state index is 0.0198. The number of carbonyl (C=O) groups excluding carboxylic acids is 2. The molecule has 4 nitrogen and oxygen atoms in total. The highest BCUT2D eigenvalue weighted by atomic mass is 79.9. The lowest BCUT2D eigenvalue weighted by atomic mass is 9.80. The van der Waals surface area contributed by atoms with Crippen LogP contribution < -0.4 is 10.6 Å². The van der Waals surface area contributed by atoms with Gasteiger partial charge in [0.25, 0.3) is 5.91 Å². The zero-order valence-electron chi connectivity index (χ0n) is 11.5. The third kappa shape index (κ3) is 4.07. The maximum absolute atomic E-state index is 11.8. The molecule has 1 aliphatic rings. The number of carbonyl (C=O) groups is 2. The molecule has 20 heavy (non-hydrogen) atoms. The fourth-order valence-corrected chi connectivity index (χ4v) is 2.49. The summed E-state index contributed by atoms with van der Waals surface area (Å²) >= 11 is 3.31. The summed E-state index contributed by atoms with van der Waals surface area (Å²) in [5.41, 5.74) is 0.549. The second kappa shape index (κ2) is 6.88. The van der Waals surface area contributed by atoms with E-state index in [-0.39, 0.29) is 24.4 Å². The van der Waals surface area contributed by atoms with Crippen molar-refractivity contribution in [1.82, 2.24) is 10.6 Å². The summed E-state index contributed by atoms with van der Waals surface area (Å²) in [6.07, 6.45) is 3.63. The van der Waals surface area contributed by atoms with E-state index in [9.17, 15) is 9.59 Å². The minimum atomic E-state index is -0.232. The standard InChI is InChI=1S/C15H19BrN2O2/c1-10(11-3-2-4-11)18-14(19)9-17-15(20)12-5-7-13(16)8-6-12/h5-8,10-11H,2-4,9H2,1H3,(H,17,20)(H,18,19). The van der Waals surface area contributed by atoms with E-state index in [1.54, 1.807) is 24.3 Å². The van der Waals surface area contributed by atoms with Gasteiger partial charge >= 0.3 is 0 Å². The fraction of sp³-hybridized carbons (Fsp3) is 0.467. The maximum Gasteiger partial charge on any atom is 0.251 e. The molecule has 2 amide bonds. The second-order valence-corrected chi connectivity index (χ2v) is 6.15. The predicted octanol–water partition coefficient (Wildman–Crippen LogP) is 2.48. The number of benzene rings is 1. The lowest BCUT2D eigenvalue weighted by molar-refractivity contribution is -0.121. The Bertz CT molecular complexity index is 483. The zero-order valence-corrected chi connectivity index (χ0v) is 13.1. The molecule has 1 aromatic carbocycles. The van der Waals surface area contributed by atoms with E-state index in [1.165, 1.54) is 19.3 Å². The van der Waals surface area contributed by atoms with Gasteiger partial charge in [-0.15, -0.1) is 0 Å². The summed E-state index contributed by atoms with van der Waals surface area (Å²) in [5.74, 6) is 0.236. The van der Waals surface area contributed by atoms with Crippen LogP contribution in [0, 0.1) is 5.92 Å². The largest absolute Gasteiger partial charge is 0.352 e. The van der Waals surface area contributed by atoms with Gasteiger partial charge in [0, 0.05) is 16.1 Å². The van der Waals surface area contributed by atoms with Gasteiger partial charge in [0.1, 0.15) is 0 Å². The molecular formula is C15H19BrN2O2. The Morgan fingerprint density at radius 1 is 1.30 bits per heavy atom.